The molecule has 0 aliphatic heterocycles. The van der Waals surface area contributed by atoms with Gasteiger partial charge in [-0.1, -0.05) is 0 Å². The molecule has 0 bridgehead atoms. The lowest BCUT2D eigenvalue weighted by Gasteiger charge is -2.19. The van der Waals surface area contributed by atoms with Gasteiger partial charge in [0, 0.05) is 31.2 Å². The molecular weight excluding hydrogens is 361 g/mol. The monoisotopic (exact) mass is 383 g/mol. The zero-order valence-electron chi connectivity index (χ0n) is 15.2. The summed E-state index contributed by atoms with van der Waals surface area (Å²) < 4.78 is 17.8. The summed E-state index contributed by atoms with van der Waals surface area (Å²) in [5.74, 6) is 1.86. The van der Waals surface area contributed by atoms with Crippen molar-refractivity contribution in [3.63, 3.8) is 0 Å². The molecule has 0 amide bonds. The minimum atomic E-state index is -1.73. The second-order valence-corrected chi connectivity index (χ2v) is 7.02. The van der Waals surface area contributed by atoms with Crippen molar-refractivity contribution in [2.45, 2.75) is 0 Å². The third-order valence-electron chi connectivity index (χ3n) is 3.65. The Hall–Kier alpha value is -3.11. The van der Waals surface area contributed by atoms with Crippen molar-refractivity contribution >= 4 is 25.7 Å². The highest BCUT2D eigenvalue weighted by atomic mass is 31.2. The van der Waals surface area contributed by atoms with Crippen LogP contribution in [0.25, 0.3) is 0 Å². The van der Waals surface area contributed by atoms with Gasteiger partial charge in [-0.3, -0.25) is 0 Å². The normalized spacial score (nSPS) is 10.5. The van der Waals surface area contributed by atoms with Crippen LogP contribution in [0.4, 0.5) is 17.1 Å². The Kier molecular flexibility index (Phi) is 5.89. The molecule has 0 spiro atoms. The number of nitrogens with zero attached hydrogens (tertiary/aromatic N) is 1. The lowest BCUT2D eigenvalue weighted by Crippen LogP contribution is -2.08. The highest BCUT2D eigenvalue weighted by Crippen LogP contribution is 2.42. The summed E-state index contributed by atoms with van der Waals surface area (Å²) in [5, 5.41) is 0. The molecule has 0 unspecified atom stereocenters. The van der Waals surface area contributed by atoms with Crippen LogP contribution >= 0.6 is 8.60 Å². The summed E-state index contributed by atoms with van der Waals surface area (Å²) in [6, 6.07) is 21.8. The van der Waals surface area contributed by atoms with Crippen molar-refractivity contribution in [1.29, 1.82) is 0 Å². The summed E-state index contributed by atoms with van der Waals surface area (Å²) >= 11 is 0. The first-order chi connectivity index (χ1) is 13.0. The van der Waals surface area contributed by atoms with E-state index in [0.717, 1.165) is 5.69 Å². The van der Waals surface area contributed by atoms with Gasteiger partial charge in [-0.15, -0.1) is 0 Å². The van der Waals surface area contributed by atoms with Crippen LogP contribution in [0, 0.1) is 0 Å². The molecule has 3 aromatic carbocycles. The van der Waals surface area contributed by atoms with Crippen molar-refractivity contribution < 1.29 is 13.6 Å². The predicted octanol–water partition coefficient (Wildman–Crippen LogP) is 4.68. The van der Waals surface area contributed by atoms with Gasteiger partial charge in [0.25, 0.3) is 0 Å². The molecule has 140 valence electrons. The van der Waals surface area contributed by atoms with Crippen molar-refractivity contribution in [3.05, 3.63) is 72.8 Å². The van der Waals surface area contributed by atoms with Crippen LogP contribution < -0.4 is 29.9 Å². The van der Waals surface area contributed by atoms with Gasteiger partial charge in [-0.2, -0.15) is 0 Å². The van der Waals surface area contributed by atoms with E-state index in [1.54, 1.807) is 48.5 Å². The Morgan fingerprint density at radius 2 is 0.926 bits per heavy atom. The van der Waals surface area contributed by atoms with Crippen molar-refractivity contribution in [1.82, 2.24) is 0 Å². The van der Waals surface area contributed by atoms with Crippen LogP contribution in [0.15, 0.2) is 72.8 Å². The minimum Gasteiger partial charge on any atom is -0.409 e. The zero-order valence-corrected chi connectivity index (χ0v) is 16.1. The minimum absolute atomic E-state index is 0.607. The van der Waals surface area contributed by atoms with Crippen LogP contribution in [0.5, 0.6) is 17.2 Å². The highest BCUT2D eigenvalue weighted by Gasteiger charge is 2.20. The van der Waals surface area contributed by atoms with Crippen molar-refractivity contribution in [2.75, 3.05) is 30.5 Å². The van der Waals surface area contributed by atoms with E-state index < -0.39 is 8.60 Å². The maximum absolute atomic E-state index is 5.96. The van der Waals surface area contributed by atoms with Gasteiger partial charge in [0.1, 0.15) is 17.2 Å². The van der Waals surface area contributed by atoms with Gasteiger partial charge < -0.3 is 29.9 Å². The quantitative estimate of drug-likeness (QED) is 0.455. The molecule has 7 heteroatoms. The fraction of sp³-hybridized carbons (Fsp3) is 0.100. The number of nitrogen functional groups attached to an aromatic ring is 2. The molecular formula is C20H22N3O3P. The number of benzene rings is 3. The molecule has 0 saturated carbocycles. The largest absolute Gasteiger partial charge is 0.530 e. The number of hydrogen-bond donors (Lipinski definition) is 2. The first kappa shape index (κ1) is 18.7. The summed E-state index contributed by atoms with van der Waals surface area (Å²) in [7, 11) is 2.24. The molecule has 0 aliphatic carbocycles. The van der Waals surface area contributed by atoms with Gasteiger partial charge in [0.05, 0.1) is 0 Å². The molecule has 3 rings (SSSR count). The van der Waals surface area contributed by atoms with E-state index in [-0.39, 0.29) is 0 Å². The standard InChI is InChI=1S/C20H22N3O3P/c1-23(2)17-7-13-20(14-8-17)26-27(24-18-9-3-15(21)4-10-18)25-19-11-5-16(22)6-12-19/h3-14H,21-22H2,1-2H3. The number of rotatable bonds is 7. The Morgan fingerprint density at radius 1 is 0.593 bits per heavy atom. The van der Waals surface area contributed by atoms with Crippen LogP contribution in [0.3, 0.4) is 0 Å². The summed E-state index contributed by atoms with van der Waals surface area (Å²) in [6.45, 7) is 0. The van der Waals surface area contributed by atoms with E-state index in [2.05, 4.69) is 0 Å². The second kappa shape index (κ2) is 8.52. The van der Waals surface area contributed by atoms with Crippen molar-refractivity contribution in [2.24, 2.45) is 0 Å². The third kappa shape index (κ3) is 5.43. The van der Waals surface area contributed by atoms with Crippen molar-refractivity contribution in [3.8, 4) is 17.2 Å². The third-order valence-corrected chi connectivity index (χ3v) is 4.73. The molecule has 0 saturated heterocycles. The predicted molar refractivity (Wildman–Crippen MR) is 111 cm³/mol. The van der Waals surface area contributed by atoms with E-state index in [0.29, 0.717) is 28.6 Å². The molecule has 0 aliphatic rings. The van der Waals surface area contributed by atoms with E-state index in [1.165, 1.54) is 0 Å². The lowest BCUT2D eigenvalue weighted by atomic mass is 10.3. The smallest absolute Gasteiger partial charge is 0.409 e. The van der Waals surface area contributed by atoms with E-state index in [4.69, 9.17) is 25.0 Å². The highest BCUT2D eigenvalue weighted by molar-refractivity contribution is 7.43. The van der Waals surface area contributed by atoms with E-state index >= 15 is 0 Å². The average molecular weight is 383 g/mol. The molecule has 0 atom stereocenters. The van der Waals surface area contributed by atoms with Crippen LogP contribution in [-0.4, -0.2) is 14.1 Å². The van der Waals surface area contributed by atoms with Crippen LogP contribution in [0.1, 0.15) is 0 Å². The van der Waals surface area contributed by atoms with E-state index in [1.807, 2.05) is 43.3 Å². The van der Waals surface area contributed by atoms with Gasteiger partial charge in [-0.05, 0) is 72.8 Å². The molecule has 0 fully saturated rings. The van der Waals surface area contributed by atoms with Crippen LogP contribution in [0.2, 0.25) is 0 Å². The van der Waals surface area contributed by atoms with Gasteiger partial charge in [-0.25, -0.2) is 0 Å². The Morgan fingerprint density at radius 3 is 1.26 bits per heavy atom. The van der Waals surface area contributed by atoms with Gasteiger partial charge in [0.15, 0.2) is 0 Å². The zero-order chi connectivity index (χ0) is 19.2. The molecule has 3 aromatic rings. The molecule has 0 aromatic heterocycles. The first-order valence-electron chi connectivity index (χ1n) is 8.32. The first-order valence-corrected chi connectivity index (χ1v) is 9.42. The van der Waals surface area contributed by atoms with Gasteiger partial charge in [0.2, 0.25) is 0 Å². The maximum Gasteiger partial charge on any atom is 0.530 e. The molecule has 0 heterocycles. The fourth-order valence-electron chi connectivity index (χ4n) is 2.18. The summed E-state index contributed by atoms with van der Waals surface area (Å²) in [5.41, 5.74) is 13.8. The van der Waals surface area contributed by atoms with E-state index in [9.17, 15) is 0 Å². The second-order valence-electron chi connectivity index (χ2n) is 6.02. The summed E-state index contributed by atoms with van der Waals surface area (Å²) in [4.78, 5) is 2.02. The fourth-order valence-corrected chi connectivity index (χ4v) is 3.17. The van der Waals surface area contributed by atoms with Gasteiger partial charge >= 0.3 is 8.60 Å². The molecule has 6 nitrogen and oxygen atoms in total. The van der Waals surface area contributed by atoms with Crippen LogP contribution in [-0.2, 0) is 0 Å². The maximum atomic E-state index is 5.96. The SMILES string of the molecule is CN(C)c1ccc(OP(Oc2ccc(N)cc2)Oc2ccc(N)cc2)cc1. The number of anilines is 3. The number of hydrogen-bond acceptors (Lipinski definition) is 6. The Bertz CT molecular complexity index is 806. The molecule has 27 heavy (non-hydrogen) atoms. The average Bonchev–Trinajstić information content (AvgIpc) is 2.66. The topological polar surface area (TPSA) is 83.0 Å². The Balaban J connectivity index is 1.77. The molecule has 0 radical (unpaired) electrons. The lowest BCUT2D eigenvalue weighted by molar-refractivity contribution is 0.388. The number of nitrogens with two attached hydrogens (primary N) is 2. The molecule has 4 N–H and O–H groups in total. The Labute approximate surface area is 160 Å². The summed E-state index contributed by atoms with van der Waals surface area (Å²) in [6.07, 6.45) is 0.